The Bertz CT molecular complexity index is 253. The van der Waals surface area contributed by atoms with Crippen molar-refractivity contribution in [1.82, 2.24) is 0 Å². The molecule has 0 aliphatic carbocycles. The molecule has 1 heteroatoms. The summed E-state index contributed by atoms with van der Waals surface area (Å²) >= 11 is 3.77. The highest BCUT2D eigenvalue weighted by Crippen LogP contribution is 2.24. The fourth-order valence-electron chi connectivity index (χ4n) is 1.76. The van der Waals surface area contributed by atoms with Gasteiger partial charge in [-0.05, 0) is 23.8 Å². The van der Waals surface area contributed by atoms with E-state index in [9.17, 15) is 0 Å². The fraction of sp³-hybridized carbons (Fsp3) is 0.538. The van der Waals surface area contributed by atoms with Gasteiger partial charge in [-0.1, -0.05) is 67.0 Å². The largest absolute Gasteiger partial charge is 0.0885 e. The molecule has 0 bridgehead atoms. The Kier molecular flexibility index (Phi) is 4.67. The van der Waals surface area contributed by atoms with Crippen LogP contribution in [0.2, 0.25) is 0 Å². The second-order valence-corrected chi connectivity index (χ2v) is 5.41. The minimum atomic E-state index is 0.614. The predicted octanol–water partition coefficient (Wildman–Crippen LogP) is 4.28. The highest BCUT2D eigenvalue weighted by molar-refractivity contribution is 9.09. The van der Waals surface area contributed by atoms with Gasteiger partial charge in [0, 0.05) is 4.83 Å². The fourth-order valence-corrected chi connectivity index (χ4v) is 1.94. The first kappa shape index (κ1) is 11.8. The van der Waals surface area contributed by atoms with E-state index < -0.39 is 0 Å². The third kappa shape index (κ3) is 3.45. The maximum absolute atomic E-state index is 3.77. The number of halogens is 1. The van der Waals surface area contributed by atoms with Crippen molar-refractivity contribution >= 4 is 15.9 Å². The van der Waals surface area contributed by atoms with E-state index >= 15 is 0 Å². The van der Waals surface area contributed by atoms with E-state index in [4.69, 9.17) is 0 Å². The lowest BCUT2D eigenvalue weighted by atomic mass is 9.92. The molecular formula is C13H19Br. The first-order chi connectivity index (χ1) is 6.61. The Hall–Kier alpha value is -0.300. The second-order valence-electron chi connectivity index (χ2n) is 4.36. The SMILES string of the molecule is CC(C)C(Br)C(C)Cc1ccccc1. The first-order valence-electron chi connectivity index (χ1n) is 5.29. The van der Waals surface area contributed by atoms with Crippen molar-refractivity contribution in [1.29, 1.82) is 0 Å². The Labute approximate surface area is 95.9 Å². The zero-order valence-corrected chi connectivity index (χ0v) is 10.8. The van der Waals surface area contributed by atoms with Crippen LogP contribution in [-0.4, -0.2) is 4.83 Å². The maximum atomic E-state index is 3.77. The highest BCUT2D eigenvalue weighted by atomic mass is 79.9. The van der Waals surface area contributed by atoms with Gasteiger partial charge in [-0.3, -0.25) is 0 Å². The third-order valence-corrected chi connectivity index (χ3v) is 4.54. The molecule has 0 radical (unpaired) electrons. The number of hydrogen-bond acceptors (Lipinski definition) is 0. The van der Waals surface area contributed by atoms with E-state index in [2.05, 4.69) is 67.0 Å². The van der Waals surface area contributed by atoms with Crippen LogP contribution in [0.1, 0.15) is 26.3 Å². The summed E-state index contributed by atoms with van der Waals surface area (Å²) in [6, 6.07) is 10.7. The molecule has 14 heavy (non-hydrogen) atoms. The lowest BCUT2D eigenvalue weighted by Gasteiger charge is -2.21. The number of benzene rings is 1. The summed E-state index contributed by atoms with van der Waals surface area (Å²) in [6.07, 6.45) is 1.16. The van der Waals surface area contributed by atoms with Gasteiger partial charge in [0.1, 0.15) is 0 Å². The summed E-state index contributed by atoms with van der Waals surface area (Å²) in [5, 5.41) is 0. The molecule has 1 rings (SSSR count). The van der Waals surface area contributed by atoms with Gasteiger partial charge in [0.05, 0.1) is 0 Å². The van der Waals surface area contributed by atoms with Crippen molar-refractivity contribution in [3.05, 3.63) is 35.9 Å². The molecule has 0 saturated heterocycles. The van der Waals surface area contributed by atoms with Crippen LogP contribution in [0, 0.1) is 11.8 Å². The molecule has 0 fully saturated rings. The van der Waals surface area contributed by atoms with E-state index in [0.29, 0.717) is 16.7 Å². The normalized spacial score (nSPS) is 15.5. The topological polar surface area (TPSA) is 0 Å². The minimum absolute atomic E-state index is 0.614. The summed E-state index contributed by atoms with van der Waals surface area (Å²) in [4.78, 5) is 0.614. The minimum Gasteiger partial charge on any atom is -0.0885 e. The summed E-state index contributed by atoms with van der Waals surface area (Å²) in [5.41, 5.74) is 1.44. The molecule has 0 spiro atoms. The highest BCUT2D eigenvalue weighted by Gasteiger charge is 2.17. The molecule has 0 aliphatic heterocycles. The number of rotatable bonds is 4. The Morgan fingerprint density at radius 1 is 1.07 bits per heavy atom. The Balaban J connectivity index is 2.53. The molecule has 0 aliphatic rings. The predicted molar refractivity (Wildman–Crippen MR) is 66.9 cm³/mol. The van der Waals surface area contributed by atoms with Gasteiger partial charge >= 0.3 is 0 Å². The lowest BCUT2D eigenvalue weighted by Crippen LogP contribution is -2.19. The van der Waals surface area contributed by atoms with E-state index in [1.165, 1.54) is 5.56 Å². The van der Waals surface area contributed by atoms with Crippen LogP contribution in [0.25, 0.3) is 0 Å². The summed E-state index contributed by atoms with van der Waals surface area (Å²) in [6.45, 7) is 6.84. The van der Waals surface area contributed by atoms with E-state index in [0.717, 1.165) is 6.42 Å². The molecule has 0 N–H and O–H groups in total. The van der Waals surface area contributed by atoms with Gasteiger partial charge in [-0.2, -0.15) is 0 Å². The monoisotopic (exact) mass is 254 g/mol. The van der Waals surface area contributed by atoms with Crippen molar-refractivity contribution in [2.75, 3.05) is 0 Å². The van der Waals surface area contributed by atoms with Crippen LogP contribution in [-0.2, 0) is 6.42 Å². The smallest absolute Gasteiger partial charge is 0.0197 e. The average Bonchev–Trinajstić information content (AvgIpc) is 2.18. The van der Waals surface area contributed by atoms with Gasteiger partial charge < -0.3 is 0 Å². The van der Waals surface area contributed by atoms with Gasteiger partial charge in [0.25, 0.3) is 0 Å². The molecular weight excluding hydrogens is 236 g/mol. The molecule has 1 aromatic carbocycles. The van der Waals surface area contributed by atoms with E-state index in [-0.39, 0.29) is 0 Å². The molecule has 0 heterocycles. The van der Waals surface area contributed by atoms with Crippen LogP contribution >= 0.6 is 15.9 Å². The molecule has 0 saturated carbocycles. The van der Waals surface area contributed by atoms with E-state index in [1.54, 1.807) is 0 Å². The quantitative estimate of drug-likeness (QED) is 0.704. The van der Waals surface area contributed by atoms with Crippen molar-refractivity contribution in [2.24, 2.45) is 11.8 Å². The van der Waals surface area contributed by atoms with Crippen LogP contribution in [0.3, 0.4) is 0 Å². The lowest BCUT2D eigenvalue weighted by molar-refractivity contribution is 0.461. The molecule has 78 valence electrons. The van der Waals surface area contributed by atoms with Crippen molar-refractivity contribution in [3.8, 4) is 0 Å². The summed E-state index contributed by atoms with van der Waals surface area (Å²) in [7, 11) is 0. The van der Waals surface area contributed by atoms with Gasteiger partial charge in [0.2, 0.25) is 0 Å². The standard InChI is InChI=1S/C13H19Br/c1-10(2)13(14)11(3)9-12-7-5-4-6-8-12/h4-8,10-11,13H,9H2,1-3H3. The van der Waals surface area contributed by atoms with Crippen molar-refractivity contribution in [2.45, 2.75) is 32.0 Å². The number of hydrogen-bond donors (Lipinski definition) is 0. The van der Waals surface area contributed by atoms with E-state index in [1.807, 2.05) is 0 Å². The maximum Gasteiger partial charge on any atom is 0.0197 e. The van der Waals surface area contributed by atoms with Crippen molar-refractivity contribution in [3.63, 3.8) is 0 Å². The molecule has 2 atom stereocenters. The zero-order chi connectivity index (χ0) is 10.6. The second kappa shape index (κ2) is 5.55. The molecule has 0 nitrogen and oxygen atoms in total. The van der Waals surface area contributed by atoms with Crippen molar-refractivity contribution < 1.29 is 0 Å². The average molecular weight is 255 g/mol. The van der Waals surface area contributed by atoms with Crippen LogP contribution < -0.4 is 0 Å². The Morgan fingerprint density at radius 2 is 1.64 bits per heavy atom. The molecule has 0 amide bonds. The van der Waals surface area contributed by atoms with Crippen LogP contribution in [0.5, 0.6) is 0 Å². The van der Waals surface area contributed by atoms with Gasteiger partial charge in [0.15, 0.2) is 0 Å². The zero-order valence-electron chi connectivity index (χ0n) is 9.20. The Morgan fingerprint density at radius 3 is 2.14 bits per heavy atom. The van der Waals surface area contributed by atoms with Crippen LogP contribution in [0.15, 0.2) is 30.3 Å². The van der Waals surface area contributed by atoms with Crippen LogP contribution in [0.4, 0.5) is 0 Å². The summed E-state index contributed by atoms with van der Waals surface area (Å²) in [5.74, 6) is 1.39. The molecule has 0 aromatic heterocycles. The van der Waals surface area contributed by atoms with Gasteiger partial charge in [-0.25, -0.2) is 0 Å². The first-order valence-corrected chi connectivity index (χ1v) is 6.21. The summed E-state index contributed by atoms with van der Waals surface area (Å²) < 4.78 is 0. The molecule has 1 aromatic rings. The van der Waals surface area contributed by atoms with Gasteiger partial charge in [-0.15, -0.1) is 0 Å². The number of alkyl halides is 1. The molecule has 2 unspecified atom stereocenters. The third-order valence-electron chi connectivity index (χ3n) is 2.58.